The highest BCUT2D eigenvalue weighted by Gasteiger charge is 2.13. The fourth-order valence-electron chi connectivity index (χ4n) is 2.05. The number of nitrogens with zero attached hydrogens (tertiary/aromatic N) is 3. The summed E-state index contributed by atoms with van der Waals surface area (Å²) < 4.78 is 3.03. The first kappa shape index (κ1) is 15.6. The van der Waals surface area contributed by atoms with Gasteiger partial charge in [-0.15, -0.1) is 10.2 Å². The fraction of sp³-hybridized carbons (Fsp3) is 0.125. The molecule has 3 rings (SSSR count). The molecule has 2 aromatic carbocycles. The Balaban J connectivity index is 1.79. The monoisotopic (exact) mass is 393 g/mol. The van der Waals surface area contributed by atoms with Crippen LogP contribution < -0.4 is 0 Å². The third kappa shape index (κ3) is 3.37. The van der Waals surface area contributed by atoms with E-state index in [1.807, 2.05) is 60.1 Å². The highest BCUT2D eigenvalue weighted by Crippen LogP contribution is 2.29. The van der Waals surface area contributed by atoms with E-state index in [4.69, 9.17) is 11.6 Å². The van der Waals surface area contributed by atoms with Crippen LogP contribution in [0.5, 0.6) is 0 Å². The first-order valence-electron chi connectivity index (χ1n) is 6.66. The van der Waals surface area contributed by atoms with Crippen molar-refractivity contribution in [3.05, 3.63) is 63.6 Å². The summed E-state index contributed by atoms with van der Waals surface area (Å²) in [6, 6.07) is 15.9. The largest absolute Gasteiger partial charge is 0.305 e. The van der Waals surface area contributed by atoms with E-state index in [2.05, 4.69) is 26.1 Å². The lowest BCUT2D eigenvalue weighted by Gasteiger charge is -2.05. The Hall–Kier alpha value is -1.30. The molecule has 0 aliphatic carbocycles. The van der Waals surface area contributed by atoms with Crippen LogP contribution >= 0.6 is 39.3 Å². The van der Waals surface area contributed by atoms with Crippen molar-refractivity contribution in [3.8, 4) is 11.4 Å². The Morgan fingerprint density at radius 1 is 1.09 bits per heavy atom. The Morgan fingerprint density at radius 2 is 1.82 bits per heavy atom. The van der Waals surface area contributed by atoms with Gasteiger partial charge in [-0.3, -0.25) is 0 Å². The molecule has 0 aliphatic heterocycles. The van der Waals surface area contributed by atoms with Gasteiger partial charge in [0.05, 0.1) is 0 Å². The highest BCUT2D eigenvalue weighted by molar-refractivity contribution is 9.10. The topological polar surface area (TPSA) is 30.7 Å². The van der Waals surface area contributed by atoms with Gasteiger partial charge in [-0.25, -0.2) is 0 Å². The molecule has 0 bridgehead atoms. The third-order valence-corrected chi connectivity index (χ3v) is 5.27. The molecule has 0 amide bonds. The van der Waals surface area contributed by atoms with Crippen LogP contribution in [0.15, 0.2) is 58.2 Å². The molecule has 1 aromatic heterocycles. The molecule has 0 radical (unpaired) electrons. The molecule has 0 saturated heterocycles. The lowest BCUT2D eigenvalue weighted by molar-refractivity contribution is 0.793. The van der Waals surface area contributed by atoms with E-state index >= 15 is 0 Å². The number of aromatic nitrogens is 3. The zero-order chi connectivity index (χ0) is 15.5. The fourth-order valence-corrected chi connectivity index (χ4v) is 3.50. The van der Waals surface area contributed by atoms with Crippen LogP contribution in [0.1, 0.15) is 5.56 Å². The lowest BCUT2D eigenvalue weighted by atomic mass is 10.2. The van der Waals surface area contributed by atoms with Crippen molar-refractivity contribution in [3.63, 3.8) is 0 Å². The predicted octanol–water partition coefficient (Wildman–Crippen LogP) is 5.19. The predicted molar refractivity (Wildman–Crippen MR) is 95.2 cm³/mol. The Bertz CT molecular complexity index is 786. The SMILES string of the molecule is Cn1c(SCc2ccc(Cl)cc2)nnc1-c1ccccc1Br. The van der Waals surface area contributed by atoms with Crippen LogP contribution in [-0.2, 0) is 12.8 Å². The van der Waals surface area contributed by atoms with Gasteiger partial charge in [0.1, 0.15) is 0 Å². The number of thioether (sulfide) groups is 1. The molecule has 1 heterocycles. The minimum Gasteiger partial charge on any atom is -0.305 e. The quantitative estimate of drug-likeness (QED) is 0.570. The van der Waals surface area contributed by atoms with Gasteiger partial charge in [0, 0.05) is 27.9 Å². The van der Waals surface area contributed by atoms with Gasteiger partial charge in [-0.2, -0.15) is 0 Å². The molecule has 3 nitrogen and oxygen atoms in total. The first-order valence-corrected chi connectivity index (χ1v) is 8.82. The van der Waals surface area contributed by atoms with Crippen molar-refractivity contribution in [2.75, 3.05) is 0 Å². The van der Waals surface area contributed by atoms with E-state index < -0.39 is 0 Å². The van der Waals surface area contributed by atoms with Crippen LogP contribution in [0.4, 0.5) is 0 Å². The zero-order valence-electron chi connectivity index (χ0n) is 11.8. The molecule has 0 spiro atoms. The molecule has 0 fully saturated rings. The van der Waals surface area contributed by atoms with E-state index in [-0.39, 0.29) is 0 Å². The maximum atomic E-state index is 5.90. The molecular weight excluding hydrogens is 382 g/mol. The standard InChI is InChI=1S/C16H13BrClN3S/c1-21-15(13-4-2-3-5-14(13)17)19-20-16(21)22-10-11-6-8-12(18)9-7-11/h2-9H,10H2,1H3. The van der Waals surface area contributed by atoms with E-state index in [0.29, 0.717) is 0 Å². The van der Waals surface area contributed by atoms with Crippen molar-refractivity contribution in [1.82, 2.24) is 14.8 Å². The van der Waals surface area contributed by atoms with E-state index in [1.165, 1.54) is 5.56 Å². The van der Waals surface area contributed by atoms with Crippen LogP contribution in [0.2, 0.25) is 5.02 Å². The molecule has 3 aromatic rings. The molecule has 0 atom stereocenters. The first-order chi connectivity index (χ1) is 10.6. The van der Waals surface area contributed by atoms with E-state index in [9.17, 15) is 0 Å². The van der Waals surface area contributed by atoms with E-state index in [0.717, 1.165) is 31.8 Å². The second-order valence-corrected chi connectivity index (χ2v) is 6.99. The van der Waals surface area contributed by atoms with Gasteiger partial charge in [-0.05, 0) is 23.8 Å². The second-order valence-electron chi connectivity index (χ2n) is 4.76. The van der Waals surface area contributed by atoms with Gasteiger partial charge in [0.25, 0.3) is 0 Å². The Kier molecular flexibility index (Phi) is 4.86. The summed E-state index contributed by atoms with van der Waals surface area (Å²) in [5, 5.41) is 10.3. The van der Waals surface area contributed by atoms with Crippen LogP contribution in [0, 0.1) is 0 Å². The summed E-state index contributed by atoms with van der Waals surface area (Å²) >= 11 is 11.1. The number of rotatable bonds is 4. The summed E-state index contributed by atoms with van der Waals surface area (Å²) in [5.41, 5.74) is 2.25. The van der Waals surface area contributed by atoms with Crippen LogP contribution in [0.25, 0.3) is 11.4 Å². The summed E-state index contributed by atoms with van der Waals surface area (Å²) in [5.74, 6) is 1.69. The van der Waals surface area contributed by atoms with E-state index in [1.54, 1.807) is 11.8 Å². The van der Waals surface area contributed by atoms with Crippen molar-refractivity contribution in [2.45, 2.75) is 10.9 Å². The van der Waals surface area contributed by atoms with Gasteiger partial charge < -0.3 is 4.57 Å². The molecule has 6 heteroatoms. The van der Waals surface area contributed by atoms with Gasteiger partial charge in [0.2, 0.25) is 0 Å². The summed E-state index contributed by atoms with van der Waals surface area (Å²) in [4.78, 5) is 0. The maximum Gasteiger partial charge on any atom is 0.191 e. The van der Waals surface area contributed by atoms with Crippen LogP contribution in [0.3, 0.4) is 0 Å². The highest BCUT2D eigenvalue weighted by atomic mass is 79.9. The van der Waals surface area contributed by atoms with Gasteiger partial charge >= 0.3 is 0 Å². The van der Waals surface area contributed by atoms with Crippen LogP contribution in [-0.4, -0.2) is 14.8 Å². The molecule has 112 valence electrons. The van der Waals surface area contributed by atoms with Crippen molar-refractivity contribution in [2.24, 2.45) is 7.05 Å². The smallest absolute Gasteiger partial charge is 0.191 e. The normalized spacial score (nSPS) is 10.9. The number of hydrogen-bond donors (Lipinski definition) is 0. The minimum absolute atomic E-state index is 0.753. The Morgan fingerprint density at radius 3 is 2.55 bits per heavy atom. The maximum absolute atomic E-state index is 5.90. The average molecular weight is 395 g/mol. The molecule has 22 heavy (non-hydrogen) atoms. The Labute approximate surface area is 146 Å². The number of hydrogen-bond acceptors (Lipinski definition) is 3. The average Bonchev–Trinajstić information content (AvgIpc) is 2.88. The molecule has 0 aliphatic rings. The van der Waals surface area contributed by atoms with Gasteiger partial charge in [-0.1, -0.05) is 69.6 Å². The lowest BCUT2D eigenvalue weighted by Crippen LogP contribution is -1.95. The van der Waals surface area contributed by atoms with Crippen molar-refractivity contribution >= 4 is 39.3 Å². The minimum atomic E-state index is 0.753. The molecule has 0 unspecified atom stereocenters. The summed E-state index contributed by atoms with van der Waals surface area (Å²) in [7, 11) is 1.99. The number of halogens is 2. The third-order valence-electron chi connectivity index (χ3n) is 3.23. The second kappa shape index (κ2) is 6.86. The molecule has 0 saturated carbocycles. The summed E-state index contributed by atoms with van der Waals surface area (Å²) in [6.45, 7) is 0. The number of benzene rings is 2. The molecular formula is C16H13BrClN3S. The van der Waals surface area contributed by atoms with Gasteiger partial charge in [0.15, 0.2) is 11.0 Å². The summed E-state index contributed by atoms with van der Waals surface area (Å²) in [6.07, 6.45) is 0. The zero-order valence-corrected chi connectivity index (χ0v) is 15.0. The van der Waals surface area contributed by atoms with Crippen molar-refractivity contribution < 1.29 is 0 Å². The molecule has 0 N–H and O–H groups in total. The van der Waals surface area contributed by atoms with Crippen molar-refractivity contribution in [1.29, 1.82) is 0 Å².